The first-order valence-corrected chi connectivity index (χ1v) is 6.61. The SMILES string of the molecule is CC1CCCN(c2cc(Cl)ccc2C#N)C1C(=O)O. The van der Waals surface area contributed by atoms with Crippen LogP contribution in [-0.2, 0) is 4.79 Å². The molecule has 4 nitrogen and oxygen atoms in total. The lowest BCUT2D eigenvalue weighted by Gasteiger charge is -2.39. The molecule has 1 heterocycles. The number of anilines is 1. The predicted molar refractivity (Wildman–Crippen MR) is 73.3 cm³/mol. The molecule has 1 N–H and O–H groups in total. The summed E-state index contributed by atoms with van der Waals surface area (Å²) in [6, 6.07) is 6.46. The summed E-state index contributed by atoms with van der Waals surface area (Å²) in [7, 11) is 0. The summed E-state index contributed by atoms with van der Waals surface area (Å²) in [4.78, 5) is 13.3. The lowest BCUT2D eigenvalue weighted by atomic mass is 9.90. The van der Waals surface area contributed by atoms with Gasteiger partial charge in [0, 0.05) is 11.6 Å². The second-order valence-corrected chi connectivity index (χ2v) is 5.31. The summed E-state index contributed by atoms with van der Waals surface area (Å²) in [5.41, 5.74) is 1.08. The van der Waals surface area contributed by atoms with Crippen LogP contribution >= 0.6 is 11.6 Å². The third-order valence-electron chi connectivity index (χ3n) is 3.58. The highest BCUT2D eigenvalue weighted by Crippen LogP contribution is 2.32. The Morgan fingerprint density at radius 1 is 1.58 bits per heavy atom. The molecule has 1 aliphatic heterocycles. The van der Waals surface area contributed by atoms with Gasteiger partial charge in [0.05, 0.1) is 11.3 Å². The fourth-order valence-corrected chi connectivity index (χ4v) is 2.84. The van der Waals surface area contributed by atoms with Crippen LogP contribution in [0.3, 0.4) is 0 Å². The van der Waals surface area contributed by atoms with E-state index in [-0.39, 0.29) is 5.92 Å². The molecular weight excluding hydrogens is 264 g/mol. The van der Waals surface area contributed by atoms with Crippen molar-refractivity contribution in [2.45, 2.75) is 25.8 Å². The molecule has 0 saturated carbocycles. The van der Waals surface area contributed by atoms with Gasteiger partial charge in [-0.05, 0) is 37.0 Å². The zero-order valence-electron chi connectivity index (χ0n) is 10.6. The van der Waals surface area contributed by atoms with Crippen molar-refractivity contribution in [1.82, 2.24) is 0 Å². The predicted octanol–water partition coefficient (Wildman–Crippen LogP) is 2.90. The Morgan fingerprint density at radius 2 is 2.32 bits per heavy atom. The van der Waals surface area contributed by atoms with Crippen LogP contribution in [-0.4, -0.2) is 23.7 Å². The molecule has 0 aliphatic carbocycles. The Labute approximate surface area is 117 Å². The molecule has 2 rings (SSSR count). The molecule has 1 aliphatic rings. The zero-order valence-corrected chi connectivity index (χ0v) is 11.4. The molecule has 5 heteroatoms. The normalized spacial score (nSPS) is 22.9. The second-order valence-electron chi connectivity index (χ2n) is 4.87. The number of benzene rings is 1. The Kier molecular flexibility index (Phi) is 3.96. The van der Waals surface area contributed by atoms with E-state index in [4.69, 9.17) is 16.9 Å². The number of carboxylic acids is 1. The lowest BCUT2D eigenvalue weighted by molar-refractivity contribution is -0.140. The van der Waals surface area contributed by atoms with Gasteiger partial charge in [-0.15, -0.1) is 0 Å². The average molecular weight is 279 g/mol. The van der Waals surface area contributed by atoms with Crippen molar-refractivity contribution in [3.63, 3.8) is 0 Å². The van der Waals surface area contributed by atoms with Crippen LogP contribution in [0.4, 0.5) is 5.69 Å². The molecule has 1 aromatic carbocycles. The number of carboxylic acid groups (broad SMARTS) is 1. The number of nitrogens with zero attached hydrogens (tertiary/aromatic N) is 2. The molecule has 1 fully saturated rings. The van der Waals surface area contributed by atoms with E-state index in [0.29, 0.717) is 22.8 Å². The number of aliphatic carboxylic acids is 1. The second kappa shape index (κ2) is 5.50. The van der Waals surface area contributed by atoms with E-state index in [1.807, 2.05) is 6.92 Å². The van der Waals surface area contributed by atoms with Crippen LogP contribution in [0.25, 0.3) is 0 Å². The van der Waals surface area contributed by atoms with Crippen LogP contribution in [0.2, 0.25) is 5.02 Å². The van der Waals surface area contributed by atoms with Crippen LogP contribution in [0.5, 0.6) is 0 Å². The summed E-state index contributed by atoms with van der Waals surface area (Å²) < 4.78 is 0. The fraction of sp³-hybridized carbons (Fsp3) is 0.429. The number of hydrogen-bond donors (Lipinski definition) is 1. The van der Waals surface area contributed by atoms with Crippen LogP contribution < -0.4 is 4.90 Å². The van der Waals surface area contributed by atoms with E-state index in [0.717, 1.165) is 12.8 Å². The maximum Gasteiger partial charge on any atom is 0.326 e. The number of carbonyl (C=O) groups is 1. The Hall–Kier alpha value is -1.73. The summed E-state index contributed by atoms with van der Waals surface area (Å²) in [6.45, 7) is 2.57. The molecule has 0 radical (unpaired) electrons. The largest absolute Gasteiger partial charge is 0.480 e. The van der Waals surface area contributed by atoms with E-state index < -0.39 is 12.0 Å². The average Bonchev–Trinajstić information content (AvgIpc) is 2.37. The summed E-state index contributed by atoms with van der Waals surface area (Å²) in [6.07, 6.45) is 1.80. The van der Waals surface area contributed by atoms with Gasteiger partial charge in [0.1, 0.15) is 12.1 Å². The van der Waals surface area contributed by atoms with Gasteiger partial charge in [-0.2, -0.15) is 5.26 Å². The first-order chi connectivity index (χ1) is 9.04. The molecule has 100 valence electrons. The molecule has 2 unspecified atom stereocenters. The quantitative estimate of drug-likeness (QED) is 0.903. The van der Waals surface area contributed by atoms with Gasteiger partial charge in [-0.3, -0.25) is 0 Å². The lowest BCUT2D eigenvalue weighted by Crippen LogP contribution is -2.49. The van der Waals surface area contributed by atoms with Crippen molar-refractivity contribution in [2.75, 3.05) is 11.4 Å². The van der Waals surface area contributed by atoms with Crippen LogP contribution in [0, 0.1) is 17.2 Å². The smallest absolute Gasteiger partial charge is 0.326 e. The highest BCUT2D eigenvalue weighted by Gasteiger charge is 2.35. The molecule has 0 amide bonds. The minimum atomic E-state index is -0.851. The van der Waals surface area contributed by atoms with Gasteiger partial charge in [0.25, 0.3) is 0 Å². The Bertz CT molecular complexity index is 539. The van der Waals surface area contributed by atoms with E-state index in [2.05, 4.69) is 6.07 Å². The molecular formula is C14H15ClN2O2. The number of nitriles is 1. The van der Waals surface area contributed by atoms with Gasteiger partial charge in [0.2, 0.25) is 0 Å². The minimum absolute atomic E-state index is 0.0526. The highest BCUT2D eigenvalue weighted by molar-refractivity contribution is 6.30. The monoisotopic (exact) mass is 278 g/mol. The van der Waals surface area contributed by atoms with Crippen molar-refractivity contribution in [1.29, 1.82) is 5.26 Å². The van der Waals surface area contributed by atoms with Gasteiger partial charge in [0.15, 0.2) is 0 Å². The molecule has 1 saturated heterocycles. The number of halogens is 1. The number of hydrogen-bond acceptors (Lipinski definition) is 3. The van der Waals surface area contributed by atoms with Crippen molar-refractivity contribution in [3.05, 3.63) is 28.8 Å². The Balaban J connectivity index is 2.46. The molecule has 0 aromatic heterocycles. The first-order valence-electron chi connectivity index (χ1n) is 6.23. The summed E-state index contributed by atoms with van der Waals surface area (Å²) in [5.74, 6) is -0.798. The van der Waals surface area contributed by atoms with Gasteiger partial charge >= 0.3 is 5.97 Å². The minimum Gasteiger partial charge on any atom is -0.480 e. The summed E-state index contributed by atoms with van der Waals surface area (Å²) in [5, 5.41) is 19.1. The van der Waals surface area contributed by atoms with E-state index in [9.17, 15) is 9.90 Å². The van der Waals surface area contributed by atoms with Crippen LogP contribution in [0.15, 0.2) is 18.2 Å². The van der Waals surface area contributed by atoms with Crippen LogP contribution in [0.1, 0.15) is 25.3 Å². The summed E-state index contributed by atoms with van der Waals surface area (Å²) >= 11 is 5.97. The van der Waals surface area contributed by atoms with Crippen molar-refractivity contribution in [3.8, 4) is 6.07 Å². The van der Waals surface area contributed by atoms with Gasteiger partial charge in [-0.25, -0.2) is 4.79 Å². The van der Waals surface area contributed by atoms with Crippen molar-refractivity contribution < 1.29 is 9.90 Å². The molecule has 19 heavy (non-hydrogen) atoms. The zero-order chi connectivity index (χ0) is 14.0. The topological polar surface area (TPSA) is 64.3 Å². The fourth-order valence-electron chi connectivity index (χ4n) is 2.67. The number of piperidine rings is 1. The molecule has 1 aromatic rings. The molecule has 2 atom stereocenters. The first kappa shape index (κ1) is 13.7. The molecule has 0 spiro atoms. The number of rotatable bonds is 2. The maximum atomic E-state index is 11.5. The maximum absolute atomic E-state index is 11.5. The molecule has 0 bridgehead atoms. The van der Waals surface area contributed by atoms with Crippen molar-refractivity contribution >= 4 is 23.3 Å². The highest BCUT2D eigenvalue weighted by atomic mass is 35.5. The van der Waals surface area contributed by atoms with E-state index >= 15 is 0 Å². The third kappa shape index (κ3) is 2.66. The van der Waals surface area contributed by atoms with Crippen molar-refractivity contribution in [2.24, 2.45) is 5.92 Å². The third-order valence-corrected chi connectivity index (χ3v) is 3.81. The van der Waals surface area contributed by atoms with E-state index in [1.165, 1.54) is 0 Å². The Morgan fingerprint density at radius 3 is 2.95 bits per heavy atom. The van der Waals surface area contributed by atoms with Gasteiger partial charge < -0.3 is 10.0 Å². The van der Waals surface area contributed by atoms with E-state index in [1.54, 1.807) is 23.1 Å². The standard InChI is InChI=1S/C14H15ClN2O2/c1-9-3-2-6-17(13(9)14(18)19)12-7-11(15)5-4-10(12)8-16/h4-5,7,9,13H,2-3,6H2,1H3,(H,18,19). The van der Waals surface area contributed by atoms with Gasteiger partial charge in [-0.1, -0.05) is 18.5 Å².